The first kappa shape index (κ1) is 17.6. The highest BCUT2D eigenvalue weighted by atomic mass is 19.2. The summed E-state index contributed by atoms with van der Waals surface area (Å²) in [6.07, 6.45) is 7.54. The fourth-order valence-corrected chi connectivity index (χ4v) is 5.14. The predicted molar refractivity (Wildman–Crippen MR) is 90.8 cm³/mol. The van der Waals surface area contributed by atoms with Crippen LogP contribution in [-0.4, -0.2) is 31.6 Å². The van der Waals surface area contributed by atoms with E-state index < -0.39 is 12.3 Å². The molecule has 1 saturated heterocycles. The van der Waals surface area contributed by atoms with Crippen molar-refractivity contribution in [1.82, 2.24) is 10.6 Å². The van der Waals surface area contributed by atoms with Gasteiger partial charge < -0.3 is 10.6 Å². The molecule has 3 fully saturated rings. The molecule has 0 amide bonds. The molecular weight excluding hydrogens is 294 g/mol. The Hall–Kier alpha value is -0.220. The van der Waals surface area contributed by atoms with Crippen LogP contribution in [0.5, 0.6) is 0 Å². The van der Waals surface area contributed by atoms with Crippen LogP contribution < -0.4 is 10.6 Å². The fraction of sp³-hybridized carbons (Fsp3) is 1.00. The number of hydrogen-bond donors (Lipinski definition) is 2. The number of halogens is 2. The predicted octanol–water partition coefficient (Wildman–Crippen LogP) is 4.20. The van der Waals surface area contributed by atoms with Crippen molar-refractivity contribution in [2.24, 2.45) is 23.7 Å². The Bertz CT molecular complexity index is 349. The van der Waals surface area contributed by atoms with E-state index in [0.717, 1.165) is 31.3 Å². The normalized spacial score (nSPS) is 45.8. The molecule has 0 aromatic heterocycles. The molecule has 0 spiro atoms. The number of nitrogens with one attached hydrogen (secondary N) is 2. The summed E-state index contributed by atoms with van der Waals surface area (Å²) in [5.74, 6) is 2.77. The molecule has 2 saturated carbocycles. The minimum absolute atomic E-state index is 0.188. The van der Waals surface area contributed by atoms with E-state index in [0.29, 0.717) is 18.8 Å². The maximum atomic E-state index is 13.6. The summed E-state index contributed by atoms with van der Waals surface area (Å²) in [5.41, 5.74) is 0. The highest BCUT2D eigenvalue weighted by Gasteiger charge is 2.37. The third kappa shape index (κ3) is 4.45. The number of alkyl halides is 2. The van der Waals surface area contributed by atoms with Crippen LogP contribution in [0, 0.1) is 23.7 Å². The van der Waals surface area contributed by atoms with Crippen molar-refractivity contribution in [3.8, 4) is 0 Å². The molecule has 3 aliphatic rings. The van der Waals surface area contributed by atoms with E-state index >= 15 is 0 Å². The van der Waals surface area contributed by atoms with Crippen LogP contribution in [0.2, 0.25) is 0 Å². The zero-order valence-electron chi connectivity index (χ0n) is 14.6. The molecule has 1 heterocycles. The zero-order chi connectivity index (χ0) is 16.2. The van der Waals surface area contributed by atoms with Gasteiger partial charge in [0.05, 0.1) is 6.17 Å². The van der Waals surface area contributed by atoms with Gasteiger partial charge in [-0.25, -0.2) is 8.78 Å². The van der Waals surface area contributed by atoms with Crippen molar-refractivity contribution in [1.29, 1.82) is 0 Å². The van der Waals surface area contributed by atoms with Gasteiger partial charge >= 0.3 is 0 Å². The van der Waals surface area contributed by atoms with Gasteiger partial charge in [0, 0.05) is 13.1 Å². The van der Waals surface area contributed by atoms with E-state index in [1.54, 1.807) is 0 Å². The lowest BCUT2D eigenvalue weighted by molar-refractivity contribution is 0.0574. The molecule has 0 aromatic carbocycles. The highest BCUT2D eigenvalue weighted by Crippen LogP contribution is 2.37. The topological polar surface area (TPSA) is 24.1 Å². The Kier molecular flexibility index (Phi) is 6.31. The van der Waals surface area contributed by atoms with Gasteiger partial charge in [-0.1, -0.05) is 32.6 Å². The maximum absolute atomic E-state index is 13.6. The van der Waals surface area contributed by atoms with E-state index in [4.69, 9.17) is 0 Å². The Morgan fingerprint density at radius 2 is 1.43 bits per heavy atom. The monoisotopic (exact) mass is 328 g/mol. The summed E-state index contributed by atoms with van der Waals surface area (Å²) in [5, 5.41) is 7.22. The standard InChI is InChI=1S/C19H34F2N2/c1-2-3-13-4-6-14(7-5-13)16-11-22-19(23-12-16)15-8-9-17(20)18(21)10-15/h13-19,22-23H,2-12H2,1H3. The van der Waals surface area contributed by atoms with Crippen molar-refractivity contribution in [3.63, 3.8) is 0 Å². The lowest BCUT2D eigenvalue weighted by Crippen LogP contribution is -2.58. The summed E-state index contributed by atoms with van der Waals surface area (Å²) in [7, 11) is 0. The van der Waals surface area contributed by atoms with Gasteiger partial charge in [0.2, 0.25) is 0 Å². The Labute approximate surface area is 140 Å². The highest BCUT2D eigenvalue weighted by molar-refractivity contribution is 4.91. The first-order valence-corrected chi connectivity index (χ1v) is 9.92. The first-order valence-electron chi connectivity index (χ1n) is 9.92. The molecule has 134 valence electrons. The lowest BCUT2D eigenvalue weighted by atomic mass is 9.73. The molecule has 4 heteroatoms. The molecule has 1 aliphatic heterocycles. The minimum Gasteiger partial charge on any atom is -0.301 e. The molecule has 23 heavy (non-hydrogen) atoms. The van der Waals surface area contributed by atoms with Crippen LogP contribution >= 0.6 is 0 Å². The average Bonchev–Trinajstić information content (AvgIpc) is 2.59. The molecule has 2 nitrogen and oxygen atoms in total. The zero-order valence-corrected chi connectivity index (χ0v) is 14.6. The van der Waals surface area contributed by atoms with Crippen LogP contribution in [0.3, 0.4) is 0 Å². The molecule has 3 rings (SSSR count). The van der Waals surface area contributed by atoms with E-state index in [1.807, 2.05) is 0 Å². The Balaban J connectivity index is 1.41. The summed E-state index contributed by atoms with van der Waals surface area (Å²) in [6, 6.07) is 0. The Morgan fingerprint density at radius 1 is 0.783 bits per heavy atom. The van der Waals surface area contributed by atoms with Gasteiger partial charge in [-0.05, 0) is 55.8 Å². The lowest BCUT2D eigenvalue weighted by Gasteiger charge is -2.42. The van der Waals surface area contributed by atoms with Crippen LogP contribution in [0.4, 0.5) is 8.78 Å². The summed E-state index contributed by atoms with van der Waals surface area (Å²) in [4.78, 5) is 0. The van der Waals surface area contributed by atoms with E-state index in [9.17, 15) is 8.78 Å². The molecule has 3 unspecified atom stereocenters. The molecule has 3 atom stereocenters. The second kappa shape index (κ2) is 8.24. The molecule has 0 aromatic rings. The van der Waals surface area contributed by atoms with Crippen LogP contribution in [-0.2, 0) is 0 Å². The third-order valence-electron chi connectivity index (χ3n) is 6.66. The van der Waals surface area contributed by atoms with E-state index in [-0.39, 0.29) is 12.1 Å². The van der Waals surface area contributed by atoms with Crippen LogP contribution in [0.25, 0.3) is 0 Å². The van der Waals surface area contributed by atoms with Crippen molar-refractivity contribution in [3.05, 3.63) is 0 Å². The van der Waals surface area contributed by atoms with Gasteiger partial charge in [-0.15, -0.1) is 0 Å². The SMILES string of the molecule is CCCC1CCC(C2CNC(C3CCC(F)C(F)C3)NC2)CC1. The van der Waals surface area contributed by atoms with E-state index in [2.05, 4.69) is 17.6 Å². The molecule has 2 aliphatic carbocycles. The van der Waals surface area contributed by atoms with Crippen molar-refractivity contribution >= 4 is 0 Å². The van der Waals surface area contributed by atoms with Crippen LogP contribution in [0.1, 0.15) is 64.7 Å². The minimum atomic E-state index is -1.26. The largest absolute Gasteiger partial charge is 0.301 e. The third-order valence-corrected chi connectivity index (χ3v) is 6.66. The molecule has 2 N–H and O–H groups in total. The number of hydrogen-bond acceptors (Lipinski definition) is 2. The quantitative estimate of drug-likeness (QED) is 0.808. The van der Waals surface area contributed by atoms with Crippen LogP contribution in [0.15, 0.2) is 0 Å². The smallest absolute Gasteiger partial charge is 0.132 e. The summed E-state index contributed by atoms with van der Waals surface area (Å²) < 4.78 is 26.9. The van der Waals surface area contributed by atoms with Gasteiger partial charge in [0.1, 0.15) is 12.3 Å². The van der Waals surface area contributed by atoms with Gasteiger partial charge in [-0.3, -0.25) is 0 Å². The average molecular weight is 328 g/mol. The summed E-state index contributed by atoms with van der Waals surface area (Å²) >= 11 is 0. The second-order valence-corrected chi connectivity index (χ2v) is 8.23. The van der Waals surface area contributed by atoms with Crippen molar-refractivity contribution in [2.75, 3.05) is 13.1 Å². The number of rotatable bonds is 4. The van der Waals surface area contributed by atoms with Crippen molar-refractivity contribution in [2.45, 2.75) is 83.2 Å². The van der Waals surface area contributed by atoms with Gasteiger partial charge in [-0.2, -0.15) is 0 Å². The molecule has 0 radical (unpaired) electrons. The Morgan fingerprint density at radius 3 is 2.04 bits per heavy atom. The van der Waals surface area contributed by atoms with Gasteiger partial charge in [0.25, 0.3) is 0 Å². The van der Waals surface area contributed by atoms with E-state index in [1.165, 1.54) is 38.5 Å². The fourth-order valence-electron chi connectivity index (χ4n) is 5.14. The van der Waals surface area contributed by atoms with Crippen molar-refractivity contribution < 1.29 is 8.78 Å². The molecule has 0 bridgehead atoms. The summed E-state index contributed by atoms with van der Waals surface area (Å²) in [6.45, 7) is 4.39. The van der Waals surface area contributed by atoms with Gasteiger partial charge in [0.15, 0.2) is 0 Å². The first-order chi connectivity index (χ1) is 11.2. The molecular formula is C19H34F2N2. The maximum Gasteiger partial charge on any atom is 0.132 e. The second-order valence-electron chi connectivity index (χ2n) is 8.23.